The van der Waals surface area contributed by atoms with Gasteiger partial charge in [-0.05, 0) is 37.1 Å². The molecule has 4 nitrogen and oxygen atoms in total. The molecule has 0 spiro atoms. The molecule has 0 amide bonds. The number of benzene rings is 1. The van der Waals surface area contributed by atoms with Crippen molar-refractivity contribution in [3.05, 3.63) is 52.3 Å². The molecule has 0 bridgehead atoms. The maximum absolute atomic E-state index is 12.4. The van der Waals surface area contributed by atoms with Gasteiger partial charge in [0.25, 0.3) is 0 Å². The minimum Gasteiger partial charge on any atom is -0.372 e. The Balaban J connectivity index is 1.82. The Morgan fingerprint density at radius 3 is 2.90 bits per heavy atom. The van der Waals surface area contributed by atoms with Crippen molar-refractivity contribution >= 4 is 5.78 Å². The highest BCUT2D eigenvalue weighted by Crippen LogP contribution is 2.21. The average molecular weight is 270 g/mol. The first-order valence-electron chi connectivity index (χ1n) is 6.93. The van der Waals surface area contributed by atoms with E-state index < -0.39 is 0 Å². The van der Waals surface area contributed by atoms with Gasteiger partial charge in [-0.2, -0.15) is 5.10 Å². The van der Waals surface area contributed by atoms with E-state index in [1.165, 1.54) is 5.56 Å². The molecule has 0 aliphatic carbocycles. The first kappa shape index (κ1) is 13.1. The molecule has 0 radical (unpaired) electrons. The summed E-state index contributed by atoms with van der Waals surface area (Å²) in [6.07, 6.45) is 0.397. The molecule has 1 aromatic carbocycles. The summed E-state index contributed by atoms with van der Waals surface area (Å²) in [6, 6.07) is 7.84. The van der Waals surface area contributed by atoms with Gasteiger partial charge < -0.3 is 4.74 Å². The normalized spacial score (nSPS) is 13.5. The maximum Gasteiger partial charge on any atom is 0.168 e. The monoisotopic (exact) mass is 270 g/mol. The predicted octanol–water partition coefficient (Wildman–Crippen LogP) is 2.67. The summed E-state index contributed by atoms with van der Waals surface area (Å²) in [5, 5.41) is 4.38. The summed E-state index contributed by atoms with van der Waals surface area (Å²) < 4.78 is 7.27. The lowest BCUT2D eigenvalue weighted by Crippen LogP contribution is -2.10. The third-order valence-electron chi connectivity index (χ3n) is 3.67. The molecule has 20 heavy (non-hydrogen) atoms. The van der Waals surface area contributed by atoms with Gasteiger partial charge in [0, 0.05) is 17.8 Å². The highest BCUT2D eigenvalue weighted by Gasteiger charge is 2.16. The topological polar surface area (TPSA) is 44.1 Å². The molecule has 104 valence electrons. The number of ketones is 1. The Labute approximate surface area is 118 Å². The van der Waals surface area contributed by atoms with Crippen molar-refractivity contribution in [3.63, 3.8) is 0 Å². The van der Waals surface area contributed by atoms with Crippen molar-refractivity contribution in [3.8, 4) is 0 Å². The van der Waals surface area contributed by atoms with Crippen molar-refractivity contribution in [2.24, 2.45) is 0 Å². The molecule has 0 atom stereocenters. The largest absolute Gasteiger partial charge is 0.372 e. The molecule has 1 aromatic heterocycles. The molecule has 2 heterocycles. The molecule has 0 N–H and O–H groups in total. The summed E-state index contributed by atoms with van der Waals surface area (Å²) in [5.41, 5.74) is 5.02. The zero-order chi connectivity index (χ0) is 14.1. The molecule has 0 unspecified atom stereocenters. The minimum absolute atomic E-state index is 0.134. The second kappa shape index (κ2) is 5.21. The molecule has 0 fully saturated rings. The third kappa shape index (κ3) is 2.39. The van der Waals surface area contributed by atoms with Gasteiger partial charge in [0.2, 0.25) is 0 Å². The molecule has 2 aromatic rings. The number of ether oxygens (including phenoxy) is 1. The van der Waals surface area contributed by atoms with E-state index in [0.717, 1.165) is 29.1 Å². The molecule has 0 saturated heterocycles. The quantitative estimate of drug-likeness (QED) is 0.802. The van der Waals surface area contributed by atoms with Gasteiger partial charge in [-0.25, -0.2) is 0 Å². The lowest BCUT2D eigenvalue weighted by Gasteiger charge is -2.05. The fraction of sp³-hybridized carbons (Fsp3) is 0.375. The summed E-state index contributed by atoms with van der Waals surface area (Å²) in [4.78, 5) is 12.4. The van der Waals surface area contributed by atoms with E-state index >= 15 is 0 Å². The van der Waals surface area contributed by atoms with Crippen LogP contribution in [0, 0.1) is 6.92 Å². The maximum atomic E-state index is 12.4. The molecule has 3 rings (SSSR count). The lowest BCUT2D eigenvalue weighted by atomic mass is 10.0. The van der Waals surface area contributed by atoms with Gasteiger partial charge in [-0.3, -0.25) is 9.48 Å². The van der Waals surface area contributed by atoms with Crippen molar-refractivity contribution < 1.29 is 9.53 Å². The number of aromatic nitrogens is 2. The summed E-state index contributed by atoms with van der Waals surface area (Å²) >= 11 is 0. The molecular weight excluding hydrogens is 252 g/mol. The number of rotatable bonds is 4. The highest BCUT2D eigenvalue weighted by atomic mass is 16.5. The molecule has 4 heteroatoms. The number of aryl methyl sites for hydroxylation is 2. The van der Waals surface area contributed by atoms with E-state index in [2.05, 4.69) is 5.10 Å². The van der Waals surface area contributed by atoms with Crippen LogP contribution in [0.25, 0.3) is 0 Å². The highest BCUT2D eigenvalue weighted by molar-refractivity contribution is 5.97. The number of carbonyl (C=O) groups excluding carboxylic acids is 1. The van der Waals surface area contributed by atoms with E-state index in [1.807, 2.05) is 42.8 Å². The van der Waals surface area contributed by atoms with Crippen LogP contribution in [0.5, 0.6) is 0 Å². The van der Waals surface area contributed by atoms with Crippen LogP contribution in [-0.4, -0.2) is 15.6 Å². The van der Waals surface area contributed by atoms with Crippen molar-refractivity contribution in [2.75, 3.05) is 0 Å². The molecular formula is C16H18N2O2. The third-order valence-corrected chi connectivity index (χ3v) is 3.67. The molecule has 1 aliphatic heterocycles. The zero-order valence-electron chi connectivity index (χ0n) is 11.8. The number of carbonyl (C=O) groups is 1. The standard InChI is InChI=1S/C16H18N2O2/c1-3-18-15(6-11(2)17-18)8-16(19)12-4-5-13-9-20-10-14(13)7-12/h4-7H,3,8-10H2,1-2H3. The first-order valence-corrected chi connectivity index (χ1v) is 6.93. The van der Waals surface area contributed by atoms with Gasteiger partial charge in [-0.1, -0.05) is 12.1 Å². The van der Waals surface area contributed by atoms with Crippen LogP contribution in [0.1, 0.15) is 39.8 Å². The van der Waals surface area contributed by atoms with E-state index in [0.29, 0.717) is 19.6 Å². The second-order valence-electron chi connectivity index (χ2n) is 5.17. The second-order valence-corrected chi connectivity index (χ2v) is 5.17. The Morgan fingerprint density at radius 2 is 2.10 bits per heavy atom. The Bertz CT molecular complexity index is 658. The van der Waals surface area contributed by atoms with Crippen LogP contribution in [0.4, 0.5) is 0 Å². The summed E-state index contributed by atoms with van der Waals surface area (Å²) in [6.45, 7) is 6.04. The van der Waals surface area contributed by atoms with Crippen molar-refractivity contribution in [1.82, 2.24) is 9.78 Å². The molecule has 1 aliphatic rings. The fourth-order valence-corrected chi connectivity index (χ4v) is 2.63. The van der Waals surface area contributed by atoms with Gasteiger partial charge >= 0.3 is 0 Å². The smallest absolute Gasteiger partial charge is 0.168 e. The van der Waals surface area contributed by atoms with Crippen LogP contribution in [0.2, 0.25) is 0 Å². The van der Waals surface area contributed by atoms with Gasteiger partial charge in [0.05, 0.1) is 25.3 Å². The summed E-state index contributed by atoms with van der Waals surface area (Å²) in [5.74, 6) is 0.134. The van der Waals surface area contributed by atoms with Gasteiger partial charge in [-0.15, -0.1) is 0 Å². The van der Waals surface area contributed by atoms with E-state index in [1.54, 1.807) is 0 Å². The van der Waals surface area contributed by atoms with Crippen molar-refractivity contribution in [1.29, 1.82) is 0 Å². The first-order chi connectivity index (χ1) is 9.67. The Hall–Kier alpha value is -1.94. The summed E-state index contributed by atoms with van der Waals surface area (Å²) in [7, 11) is 0. The SMILES string of the molecule is CCn1nc(C)cc1CC(=O)c1ccc2c(c1)COC2. The van der Waals surface area contributed by atoms with Crippen LogP contribution in [0.3, 0.4) is 0 Å². The van der Waals surface area contributed by atoms with Crippen LogP contribution < -0.4 is 0 Å². The molecule has 0 saturated carbocycles. The number of fused-ring (bicyclic) bond motifs is 1. The fourth-order valence-electron chi connectivity index (χ4n) is 2.63. The number of Topliss-reactive ketones (excluding diaryl/α,β-unsaturated/α-hetero) is 1. The lowest BCUT2D eigenvalue weighted by molar-refractivity contribution is 0.0990. The van der Waals surface area contributed by atoms with Crippen molar-refractivity contribution in [2.45, 2.75) is 40.0 Å². The number of hydrogen-bond donors (Lipinski definition) is 0. The van der Waals surface area contributed by atoms with E-state index in [-0.39, 0.29) is 5.78 Å². The number of hydrogen-bond acceptors (Lipinski definition) is 3. The van der Waals surface area contributed by atoms with E-state index in [9.17, 15) is 4.79 Å². The van der Waals surface area contributed by atoms with Crippen LogP contribution >= 0.6 is 0 Å². The average Bonchev–Trinajstić information content (AvgIpc) is 3.03. The Kier molecular flexibility index (Phi) is 3.40. The minimum atomic E-state index is 0.134. The van der Waals surface area contributed by atoms with Crippen LogP contribution in [-0.2, 0) is 30.9 Å². The Morgan fingerprint density at radius 1 is 1.30 bits per heavy atom. The predicted molar refractivity (Wildman–Crippen MR) is 75.6 cm³/mol. The van der Waals surface area contributed by atoms with E-state index in [4.69, 9.17) is 4.74 Å². The van der Waals surface area contributed by atoms with Gasteiger partial charge in [0.1, 0.15) is 0 Å². The zero-order valence-corrected chi connectivity index (χ0v) is 11.8. The van der Waals surface area contributed by atoms with Crippen LogP contribution in [0.15, 0.2) is 24.3 Å². The number of nitrogens with zero attached hydrogens (tertiary/aromatic N) is 2. The van der Waals surface area contributed by atoms with Gasteiger partial charge in [0.15, 0.2) is 5.78 Å².